The Bertz CT molecular complexity index is 722. The highest BCUT2D eigenvalue weighted by Crippen LogP contribution is 2.31. The number of hydrogen-bond donors (Lipinski definition) is 0. The van der Waals surface area contributed by atoms with Crippen LogP contribution in [0.3, 0.4) is 0 Å². The maximum atomic E-state index is 12.9. The van der Waals surface area contributed by atoms with Crippen molar-refractivity contribution in [2.45, 2.75) is 33.7 Å². The largest absolute Gasteiger partial charge is 0.465 e. The summed E-state index contributed by atoms with van der Waals surface area (Å²) >= 11 is 0. The van der Waals surface area contributed by atoms with Crippen molar-refractivity contribution in [1.29, 1.82) is 0 Å². The van der Waals surface area contributed by atoms with Gasteiger partial charge in [-0.05, 0) is 30.9 Å². The van der Waals surface area contributed by atoms with E-state index in [1.165, 1.54) is 0 Å². The molecule has 6 nitrogen and oxygen atoms in total. The first-order chi connectivity index (χ1) is 11.4. The minimum absolute atomic E-state index is 0.0636. The number of cyclic esters (lactones) is 1. The number of likely N-dealkylation sites (tertiary alicyclic amines) is 1. The van der Waals surface area contributed by atoms with E-state index in [0.29, 0.717) is 37.7 Å². The summed E-state index contributed by atoms with van der Waals surface area (Å²) in [5.74, 6) is -0.177. The molecule has 130 valence electrons. The Kier molecular flexibility index (Phi) is 4.47. The summed E-state index contributed by atoms with van der Waals surface area (Å²) in [5.41, 5.74) is 0.681. The molecule has 0 aromatic carbocycles. The fraction of sp³-hybridized carbons (Fsp3) is 0.611. The molecule has 1 aromatic rings. The summed E-state index contributed by atoms with van der Waals surface area (Å²) < 4.78 is 6.65. The number of hydrogen-bond acceptors (Lipinski definition) is 4. The highest BCUT2D eigenvalue weighted by molar-refractivity contribution is 5.96. The van der Waals surface area contributed by atoms with E-state index in [2.05, 4.69) is 13.8 Å². The molecule has 0 unspecified atom stereocenters. The van der Waals surface area contributed by atoms with Crippen LogP contribution in [0.1, 0.15) is 36.2 Å². The number of ether oxygens (including phenoxy) is 1. The van der Waals surface area contributed by atoms with Gasteiger partial charge in [0.2, 0.25) is 0 Å². The Morgan fingerprint density at radius 3 is 2.75 bits per heavy atom. The fourth-order valence-electron chi connectivity index (χ4n) is 3.43. The van der Waals surface area contributed by atoms with Crippen LogP contribution >= 0.6 is 0 Å². The Hall–Kier alpha value is -2.11. The lowest BCUT2D eigenvalue weighted by Crippen LogP contribution is -2.37. The van der Waals surface area contributed by atoms with Crippen LogP contribution < -0.4 is 5.56 Å². The van der Waals surface area contributed by atoms with Gasteiger partial charge in [-0.25, -0.2) is 0 Å². The smallest absolute Gasteiger partial charge is 0.311 e. The van der Waals surface area contributed by atoms with Crippen LogP contribution in [-0.2, 0) is 16.1 Å². The third kappa shape index (κ3) is 2.97. The number of fused-ring (bicyclic) bond motifs is 1. The highest BCUT2D eigenvalue weighted by atomic mass is 16.5. The zero-order valence-corrected chi connectivity index (χ0v) is 14.4. The first kappa shape index (κ1) is 16.7. The van der Waals surface area contributed by atoms with Crippen LogP contribution in [0.2, 0.25) is 0 Å². The molecule has 0 N–H and O–H groups in total. The molecule has 3 rings (SSSR count). The molecular formula is C18H24N2O4. The highest BCUT2D eigenvalue weighted by Gasteiger charge is 2.45. The maximum Gasteiger partial charge on any atom is 0.311 e. The molecule has 24 heavy (non-hydrogen) atoms. The van der Waals surface area contributed by atoms with Gasteiger partial charge in [0.05, 0.1) is 12.5 Å². The lowest BCUT2D eigenvalue weighted by molar-refractivity contribution is -0.141. The summed E-state index contributed by atoms with van der Waals surface area (Å²) in [6.45, 7) is 7.80. The first-order valence-electron chi connectivity index (χ1n) is 8.54. The van der Waals surface area contributed by atoms with Crippen molar-refractivity contribution in [2.24, 2.45) is 17.8 Å². The van der Waals surface area contributed by atoms with Gasteiger partial charge in [0.25, 0.3) is 11.5 Å². The molecule has 2 aliphatic rings. The molecule has 0 radical (unpaired) electrons. The van der Waals surface area contributed by atoms with Gasteiger partial charge in [0.15, 0.2) is 0 Å². The SMILES string of the molecule is Cc1ccn(CCC(C)C)c(=O)c1C(=O)N1C[C@@H]2COC(=O)[C@@H]2C1. The summed E-state index contributed by atoms with van der Waals surface area (Å²) in [6.07, 6.45) is 2.64. The van der Waals surface area contributed by atoms with Crippen LogP contribution in [0.15, 0.2) is 17.1 Å². The van der Waals surface area contributed by atoms with Crippen LogP contribution in [0, 0.1) is 24.7 Å². The second-order valence-corrected chi connectivity index (χ2v) is 7.26. The standard InChI is InChI=1S/C18H24N2O4/c1-11(2)4-6-19-7-5-12(3)15(16(19)21)17(22)20-8-13-10-24-18(23)14(13)9-20/h5,7,11,13-14H,4,6,8-10H2,1-3H3/t13-,14-/m1/s1. The maximum absolute atomic E-state index is 12.9. The zero-order valence-electron chi connectivity index (χ0n) is 14.4. The Morgan fingerprint density at radius 2 is 2.08 bits per heavy atom. The van der Waals surface area contributed by atoms with E-state index in [-0.39, 0.29) is 34.8 Å². The average Bonchev–Trinajstić information content (AvgIpc) is 3.09. The molecule has 0 aliphatic carbocycles. The molecule has 3 heterocycles. The third-order valence-corrected chi connectivity index (χ3v) is 5.01. The van der Waals surface area contributed by atoms with Crippen molar-refractivity contribution in [1.82, 2.24) is 9.47 Å². The van der Waals surface area contributed by atoms with E-state index in [1.54, 1.807) is 22.6 Å². The van der Waals surface area contributed by atoms with Crippen LogP contribution in [0.5, 0.6) is 0 Å². The van der Waals surface area contributed by atoms with Crippen LogP contribution in [-0.4, -0.2) is 41.0 Å². The Labute approximate surface area is 141 Å². The van der Waals surface area contributed by atoms with E-state index in [1.807, 2.05) is 6.07 Å². The third-order valence-electron chi connectivity index (χ3n) is 5.01. The van der Waals surface area contributed by atoms with E-state index < -0.39 is 0 Å². The number of amides is 1. The van der Waals surface area contributed by atoms with Crippen molar-refractivity contribution in [3.63, 3.8) is 0 Å². The number of nitrogens with zero attached hydrogens (tertiary/aromatic N) is 2. The molecule has 1 aromatic heterocycles. The van der Waals surface area contributed by atoms with Gasteiger partial charge in [0, 0.05) is 31.7 Å². The van der Waals surface area contributed by atoms with Crippen molar-refractivity contribution >= 4 is 11.9 Å². The topological polar surface area (TPSA) is 68.6 Å². The molecule has 2 atom stereocenters. The van der Waals surface area contributed by atoms with Gasteiger partial charge in [-0.15, -0.1) is 0 Å². The summed E-state index contributed by atoms with van der Waals surface area (Å²) in [4.78, 5) is 38.9. The molecular weight excluding hydrogens is 308 g/mol. The van der Waals surface area contributed by atoms with Gasteiger partial charge >= 0.3 is 5.97 Å². The Balaban J connectivity index is 1.83. The quantitative estimate of drug-likeness (QED) is 0.783. The van der Waals surface area contributed by atoms with Crippen molar-refractivity contribution in [3.05, 3.63) is 33.7 Å². The molecule has 0 saturated carbocycles. The molecule has 0 bridgehead atoms. The number of carbonyl (C=O) groups is 2. The monoisotopic (exact) mass is 332 g/mol. The number of aryl methyl sites for hydroxylation is 2. The van der Waals surface area contributed by atoms with Crippen molar-refractivity contribution in [2.75, 3.05) is 19.7 Å². The average molecular weight is 332 g/mol. The number of esters is 1. The number of carbonyl (C=O) groups excluding carboxylic acids is 2. The number of aromatic nitrogens is 1. The molecule has 0 spiro atoms. The molecule has 1 amide bonds. The predicted molar refractivity (Wildman–Crippen MR) is 88.7 cm³/mol. The molecule has 2 aliphatic heterocycles. The Morgan fingerprint density at radius 1 is 1.33 bits per heavy atom. The minimum atomic E-state index is -0.265. The lowest BCUT2D eigenvalue weighted by Gasteiger charge is -2.19. The van der Waals surface area contributed by atoms with Crippen molar-refractivity contribution < 1.29 is 14.3 Å². The van der Waals surface area contributed by atoms with E-state index >= 15 is 0 Å². The number of rotatable bonds is 4. The van der Waals surface area contributed by atoms with Crippen molar-refractivity contribution in [3.8, 4) is 0 Å². The summed E-state index contributed by atoms with van der Waals surface area (Å²) in [5, 5.41) is 0. The van der Waals surface area contributed by atoms with Gasteiger partial charge < -0.3 is 14.2 Å². The number of pyridine rings is 1. The van der Waals surface area contributed by atoms with Gasteiger partial charge in [0.1, 0.15) is 5.56 Å². The van der Waals surface area contributed by atoms with Crippen LogP contribution in [0.4, 0.5) is 0 Å². The fourth-order valence-corrected chi connectivity index (χ4v) is 3.43. The minimum Gasteiger partial charge on any atom is -0.465 e. The van der Waals surface area contributed by atoms with Crippen LogP contribution in [0.25, 0.3) is 0 Å². The lowest BCUT2D eigenvalue weighted by atomic mass is 10.0. The first-order valence-corrected chi connectivity index (χ1v) is 8.54. The second-order valence-electron chi connectivity index (χ2n) is 7.26. The van der Waals surface area contributed by atoms with E-state index in [4.69, 9.17) is 4.74 Å². The predicted octanol–water partition coefficient (Wildman–Crippen LogP) is 1.45. The summed E-state index contributed by atoms with van der Waals surface area (Å²) in [6, 6.07) is 1.82. The van der Waals surface area contributed by atoms with Gasteiger partial charge in [-0.2, -0.15) is 0 Å². The van der Waals surface area contributed by atoms with E-state index in [0.717, 1.165) is 6.42 Å². The second kappa shape index (κ2) is 6.42. The summed E-state index contributed by atoms with van der Waals surface area (Å²) in [7, 11) is 0. The molecule has 2 saturated heterocycles. The van der Waals surface area contributed by atoms with Gasteiger partial charge in [-0.3, -0.25) is 14.4 Å². The molecule has 6 heteroatoms. The van der Waals surface area contributed by atoms with Gasteiger partial charge in [-0.1, -0.05) is 13.8 Å². The van der Waals surface area contributed by atoms with E-state index in [9.17, 15) is 14.4 Å². The molecule has 2 fully saturated rings. The normalized spacial score (nSPS) is 22.8. The zero-order chi connectivity index (χ0) is 17.4.